The summed E-state index contributed by atoms with van der Waals surface area (Å²) in [6, 6.07) is 3.67. The highest BCUT2D eigenvalue weighted by Crippen LogP contribution is 2.50. The van der Waals surface area contributed by atoms with Crippen LogP contribution in [0.15, 0.2) is 18.3 Å². The molecule has 1 aliphatic carbocycles. The van der Waals surface area contributed by atoms with Crippen LogP contribution in [0.25, 0.3) is 0 Å². The van der Waals surface area contributed by atoms with Gasteiger partial charge < -0.3 is 9.84 Å². The van der Waals surface area contributed by atoms with Crippen LogP contribution in [0.2, 0.25) is 0 Å². The maximum atomic E-state index is 10.4. The highest BCUT2D eigenvalue weighted by atomic mass is 16.7. The molecule has 1 aromatic heterocycles. The molecule has 1 N–H and O–H groups in total. The standard InChI is InChI=1S/C10H11NO3/c1-10(4-5-10)7-3-2-6-11-8(7)14-9(12)13/h2-3,6H,4-5H2,1H3,(H,12,13). The van der Waals surface area contributed by atoms with E-state index in [1.54, 1.807) is 6.07 Å². The summed E-state index contributed by atoms with van der Waals surface area (Å²) in [5.41, 5.74) is 0.960. The molecule has 2 rings (SSSR count). The van der Waals surface area contributed by atoms with E-state index in [9.17, 15) is 4.79 Å². The third-order valence-corrected chi connectivity index (χ3v) is 2.61. The van der Waals surface area contributed by atoms with Gasteiger partial charge in [-0.3, -0.25) is 0 Å². The van der Waals surface area contributed by atoms with Gasteiger partial charge in [0.15, 0.2) is 0 Å². The van der Waals surface area contributed by atoms with Crippen LogP contribution in [0.1, 0.15) is 25.3 Å². The molecule has 0 unspecified atom stereocenters. The SMILES string of the molecule is CC1(c2cccnc2OC(=O)O)CC1. The van der Waals surface area contributed by atoms with Crippen molar-refractivity contribution in [3.05, 3.63) is 23.9 Å². The van der Waals surface area contributed by atoms with Crippen LogP contribution >= 0.6 is 0 Å². The van der Waals surface area contributed by atoms with Crippen molar-refractivity contribution in [1.82, 2.24) is 4.98 Å². The number of nitrogens with zero attached hydrogens (tertiary/aromatic N) is 1. The predicted molar refractivity (Wildman–Crippen MR) is 49.5 cm³/mol. The first-order valence-electron chi connectivity index (χ1n) is 4.48. The second-order valence-electron chi connectivity index (χ2n) is 3.78. The molecule has 0 atom stereocenters. The van der Waals surface area contributed by atoms with Gasteiger partial charge in [0.05, 0.1) is 0 Å². The monoisotopic (exact) mass is 193 g/mol. The predicted octanol–water partition coefficient (Wildman–Crippen LogP) is 2.19. The summed E-state index contributed by atoms with van der Waals surface area (Å²) in [6.07, 6.45) is 2.35. The van der Waals surface area contributed by atoms with E-state index in [2.05, 4.69) is 16.6 Å². The Labute approximate surface area is 81.5 Å². The van der Waals surface area contributed by atoms with Crippen LogP contribution in [0.4, 0.5) is 4.79 Å². The molecule has 0 aliphatic heterocycles. The van der Waals surface area contributed by atoms with Gasteiger partial charge in [-0.1, -0.05) is 13.0 Å². The Kier molecular flexibility index (Phi) is 1.91. The van der Waals surface area contributed by atoms with Gasteiger partial charge in [-0.15, -0.1) is 0 Å². The molecule has 1 heterocycles. The number of rotatable bonds is 2. The molecule has 0 aromatic carbocycles. The van der Waals surface area contributed by atoms with Crippen LogP contribution in [0, 0.1) is 0 Å². The van der Waals surface area contributed by atoms with Crippen LogP contribution in [-0.2, 0) is 5.41 Å². The summed E-state index contributed by atoms with van der Waals surface area (Å²) in [5.74, 6) is 0.222. The summed E-state index contributed by atoms with van der Waals surface area (Å²) in [5, 5.41) is 8.52. The van der Waals surface area contributed by atoms with Gasteiger partial charge in [0.25, 0.3) is 0 Å². The van der Waals surface area contributed by atoms with E-state index in [4.69, 9.17) is 5.11 Å². The lowest BCUT2D eigenvalue weighted by atomic mass is 10.00. The van der Waals surface area contributed by atoms with Crippen molar-refractivity contribution in [3.63, 3.8) is 0 Å². The number of aromatic nitrogens is 1. The van der Waals surface area contributed by atoms with E-state index in [0.717, 1.165) is 18.4 Å². The molecule has 1 aliphatic rings. The second-order valence-corrected chi connectivity index (χ2v) is 3.78. The lowest BCUT2D eigenvalue weighted by Crippen LogP contribution is -2.10. The van der Waals surface area contributed by atoms with Crippen LogP contribution < -0.4 is 4.74 Å². The van der Waals surface area contributed by atoms with Gasteiger partial charge in [0.2, 0.25) is 5.88 Å². The maximum absolute atomic E-state index is 10.4. The molecule has 0 radical (unpaired) electrons. The minimum absolute atomic E-state index is 0.0685. The minimum Gasteiger partial charge on any atom is -0.449 e. The molecule has 0 amide bonds. The first-order valence-corrected chi connectivity index (χ1v) is 4.48. The molecule has 1 aromatic rings. The number of pyridine rings is 1. The average molecular weight is 193 g/mol. The Morgan fingerprint density at radius 3 is 2.93 bits per heavy atom. The van der Waals surface area contributed by atoms with Crippen molar-refractivity contribution in [2.24, 2.45) is 0 Å². The van der Waals surface area contributed by atoms with Crippen molar-refractivity contribution < 1.29 is 14.6 Å². The Balaban J connectivity index is 2.34. The van der Waals surface area contributed by atoms with Gasteiger partial charge in [0, 0.05) is 11.8 Å². The Bertz CT molecular complexity index is 371. The fourth-order valence-electron chi connectivity index (χ4n) is 1.47. The lowest BCUT2D eigenvalue weighted by Gasteiger charge is -2.11. The zero-order valence-corrected chi connectivity index (χ0v) is 7.86. The van der Waals surface area contributed by atoms with Crippen molar-refractivity contribution in [1.29, 1.82) is 0 Å². The van der Waals surface area contributed by atoms with Gasteiger partial charge in [-0.2, -0.15) is 0 Å². The second kappa shape index (κ2) is 2.97. The number of hydrogen-bond acceptors (Lipinski definition) is 3. The highest BCUT2D eigenvalue weighted by Gasteiger charge is 2.41. The Hall–Kier alpha value is -1.58. The number of carboxylic acid groups (broad SMARTS) is 1. The molecule has 4 heteroatoms. The van der Waals surface area contributed by atoms with Gasteiger partial charge in [-0.05, 0) is 24.3 Å². The molecule has 74 valence electrons. The summed E-state index contributed by atoms with van der Waals surface area (Å²) in [7, 11) is 0. The van der Waals surface area contributed by atoms with Gasteiger partial charge >= 0.3 is 6.16 Å². The number of hydrogen-bond donors (Lipinski definition) is 1. The van der Waals surface area contributed by atoms with E-state index in [-0.39, 0.29) is 11.3 Å². The highest BCUT2D eigenvalue weighted by molar-refractivity contribution is 5.61. The smallest absolute Gasteiger partial charge is 0.449 e. The van der Waals surface area contributed by atoms with E-state index in [0.29, 0.717) is 0 Å². The fraction of sp³-hybridized carbons (Fsp3) is 0.400. The van der Waals surface area contributed by atoms with Crippen molar-refractivity contribution in [2.45, 2.75) is 25.2 Å². The summed E-state index contributed by atoms with van der Waals surface area (Å²) in [6.45, 7) is 2.08. The van der Waals surface area contributed by atoms with E-state index in [1.165, 1.54) is 6.20 Å². The first kappa shape index (κ1) is 8.99. The van der Waals surface area contributed by atoms with Crippen LogP contribution in [0.5, 0.6) is 5.88 Å². The molecular formula is C10H11NO3. The van der Waals surface area contributed by atoms with Crippen molar-refractivity contribution in [3.8, 4) is 5.88 Å². The topological polar surface area (TPSA) is 59.4 Å². The van der Waals surface area contributed by atoms with Crippen LogP contribution in [0.3, 0.4) is 0 Å². The zero-order chi connectivity index (χ0) is 10.2. The fourth-order valence-corrected chi connectivity index (χ4v) is 1.47. The average Bonchev–Trinajstić information content (AvgIpc) is 2.84. The molecule has 1 saturated carbocycles. The molecule has 4 nitrogen and oxygen atoms in total. The van der Waals surface area contributed by atoms with E-state index >= 15 is 0 Å². The molecular weight excluding hydrogens is 182 g/mol. The normalized spacial score (nSPS) is 17.5. The van der Waals surface area contributed by atoms with Gasteiger partial charge in [-0.25, -0.2) is 9.78 Å². The minimum atomic E-state index is -1.31. The van der Waals surface area contributed by atoms with Crippen molar-refractivity contribution in [2.75, 3.05) is 0 Å². The molecule has 0 saturated heterocycles. The number of ether oxygens (including phenoxy) is 1. The Morgan fingerprint density at radius 1 is 1.64 bits per heavy atom. The molecule has 14 heavy (non-hydrogen) atoms. The molecule has 0 bridgehead atoms. The molecule has 1 fully saturated rings. The van der Waals surface area contributed by atoms with Crippen LogP contribution in [-0.4, -0.2) is 16.2 Å². The third kappa shape index (κ3) is 1.55. The third-order valence-electron chi connectivity index (χ3n) is 2.61. The maximum Gasteiger partial charge on any atom is 0.512 e. The van der Waals surface area contributed by atoms with Crippen molar-refractivity contribution >= 4 is 6.16 Å². The van der Waals surface area contributed by atoms with E-state index in [1.807, 2.05) is 6.07 Å². The Morgan fingerprint density at radius 2 is 2.36 bits per heavy atom. The number of carbonyl (C=O) groups is 1. The van der Waals surface area contributed by atoms with Gasteiger partial charge in [0.1, 0.15) is 0 Å². The largest absolute Gasteiger partial charge is 0.512 e. The summed E-state index contributed by atoms with van der Waals surface area (Å²) >= 11 is 0. The lowest BCUT2D eigenvalue weighted by molar-refractivity contribution is 0.142. The molecule has 0 spiro atoms. The summed E-state index contributed by atoms with van der Waals surface area (Å²) in [4.78, 5) is 14.3. The summed E-state index contributed by atoms with van der Waals surface area (Å²) < 4.78 is 4.62. The van der Waals surface area contributed by atoms with E-state index < -0.39 is 6.16 Å². The quantitative estimate of drug-likeness (QED) is 0.731. The zero-order valence-electron chi connectivity index (χ0n) is 7.86. The first-order chi connectivity index (χ1) is 6.62.